The number of nitrogens with one attached hydrogen (secondary N) is 1. The first kappa shape index (κ1) is 14.5. The number of rotatable bonds is 5. The van der Waals surface area contributed by atoms with Crippen LogP contribution in [0.2, 0.25) is 0 Å². The fourth-order valence-corrected chi connectivity index (χ4v) is 2.22. The lowest BCUT2D eigenvalue weighted by atomic mass is 10.2. The lowest BCUT2D eigenvalue weighted by molar-refractivity contribution is 0.0526. The van der Waals surface area contributed by atoms with Crippen LogP contribution in [-0.2, 0) is 11.3 Å². The second-order valence-corrected chi connectivity index (χ2v) is 4.98. The van der Waals surface area contributed by atoms with Crippen LogP contribution in [0.4, 0.5) is 5.69 Å². The molecular weight excluding hydrogens is 320 g/mol. The Balaban J connectivity index is 2.04. The van der Waals surface area contributed by atoms with Gasteiger partial charge in [-0.1, -0.05) is 0 Å². The number of benzene rings is 1. The standard InChI is InChI=1S/C15H15BrN2O2/c1-2-20-15(19)12-3-4-14(13(16)9-12)18-10-11-5-7-17-8-6-11/h3-9,18H,2,10H2,1H3. The third-order valence-electron chi connectivity index (χ3n) is 2.71. The smallest absolute Gasteiger partial charge is 0.338 e. The molecule has 0 radical (unpaired) electrons. The third kappa shape index (κ3) is 3.81. The number of halogens is 1. The van der Waals surface area contributed by atoms with Crippen LogP contribution in [-0.4, -0.2) is 17.6 Å². The Morgan fingerprint density at radius 1 is 1.30 bits per heavy atom. The molecule has 0 aliphatic rings. The van der Waals surface area contributed by atoms with Crippen molar-refractivity contribution in [2.45, 2.75) is 13.5 Å². The number of aromatic nitrogens is 1. The van der Waals surface area contributed by atoms with Gasteiger partial charge in [-0.25, -0.2) is 4.79 Å². The summed E-state index contributed by atoms with van der Waals surface area (Å²) < 4.78 is 5.80. The lowest BCUT2D eigenvalue weighted by Gasteiger charge is -2.10. The molecule has 0 bridgehead atoms. The van der Waals surface area contributed by atoms with Crippen LogP contribution in [0.5, 0.6) is 0 Å². The number of carbonyl (C=O) groups excluding carboxylic acids is 1. The van der Waals surface area contributed by atoms with E-state index in [-0.39, 0.29) is 5.97 Å². The van der Waals surface area contributed by atoms with Crippen LogP contribution in [0.1, 0.15) is 22.8 Å². The van der Waals surface area contributed by atoms with E-state index >= 15 is 0 Å². The topological polar surface area (TPSA) is 51.2 Å². The molecule has 4 nitrogen and oxygen atoms in total. The van der Waals surface area contributed by atoms with Gasteiger partial charge in [0.15, 0.2) is 0 Å². The maximum Gasteiger partial charge on any atom is 0.338 e. The Morgan fingerprint density at radius 2 is 2.05 bits per heavy atom. The number of carbonyl (C=O) groups is 1. The Kier molecular flexibility index (Phi) is 5.12. The molecule has 1 heterocycles. The van der Waals surface area contributed by atoms with Crippen LogP contribution < -0.4 is 5.32 Å². The number of pyridine rings is 1. The Hall–Kier alpha value is -1.88. The lowest BCUT2D eigenvalue weighted by Crippen LogP contribution is -2.05. The van der Waals surface area contributed by atoms with Crippen molar-refractivity contribution in [3.63, 3.8) is 0 Å². The predicted octanol–water partition coefficient (Wildman–Crippen LogP) is 3.63. The van der Waals surface area contributed by atoms with Crippen LogP contribution in [0, 0.1) is 0 Å². The van der Waals surface area contributed by atoms with Crippen LogP contribution >= 0.6 is 15.9 Å². The minimum Gasteiger partial charge on any atom is -0.462 e. The molecule has 1 aromatic heterocycles. The van der Waals surface area contributed by atoms with E-state index in [2.05, 4.69) is 26.2 Å². The molecule has 2 rings (SSSR count). The molecule has 104 valence electrons. The first-order valence-corrected chi connectivity index (χ1v) is 7.09. The first-order valence-electron chi connectivity index (χ1n) is 6.30. The van der Waals surface area contributed by atoms with Gasteiger partial charge in [-0.15, -0.1) is 0 Å². The molecular formula is C15H15BrN2O2. The number of anilines is 1. The van der Waals surface area contributed by atoms with Crippen molar-refractivity contribution >= 4 is 27.6 Å². The van der Waals surface area contributed by atoms with Crippen molar-refractivity contribution < 1.29 is 9.53 Å². The molecule has 0 amide bonds. The van der Waals surface area contributed by atoms with Crippen LogP contribution in [0.25, 0.3) is 0 Å². The van der Waals surface area contributed by atoms with E-state index < -0.39 is 0 Å². The fraction of sp³-hybridized carbons (Fsp3) is 0.200. The number of ether oxygens (including phenoxy) is 1. The van der Waals surface area contributed by atoms with E-state index in [0.717, 1.165) is 15.7 Å². The van der Waals surface area contributed by atoms with Gasteiger partial charge in [-0.05, 0) is 58.7 Å². The largest absolute Gasteiger partial charge is 0.462 e. The predicted molar refractivity (Wildman–Crippen MR) is 81.7 cm³/mol. The number of esters is 1. The summed E-state index contributed by atoms with van der Waals surface area (Å²) >= 11 is 3.46. The van der Waals surface area contributed by atoms with Crippen molar-refractivity contribution in [1.82, 2.24) is 4.98 Å². The molecule has 1 N–H and O–H groups in total. The summed E-state index contributed by atoms with van der Waals surface area (Å²) in [6.07, 6.45) is 3.52. The van der Waals surface area contributed by atoms with Crippen molar-refractivity contribution in [1.29, 1.82) is 0 Å². The highest BCUT2D eigenvalue weighted by molar-refractivity contribution is 9.10. The summed E-state index contributed by atoms with van der Waals surface area (Å²) in [4.78, 5) is 15.6. The second-order valence-electron chi connectivity index (χ2n) is 4.12. The molecule has 20 heavy (non-hydrogen) atoms. The van der Waals surface area contributed by atoms with E-state index in [1.807, 2.05) is 18.2 Å². The average molecular weight is 335 g/mol. The highest BCUT2D eigenvalue weighted by Gasteiger charge is 2.09. The van der Waals surface area contributed by atoms with Gasteiger partial charge in [0, 0.05) is 29.1 Å². The summed E-state index contributed by atoms with van der Waals surface area (Å²) in [7, 11) is 0. The minimum atomic E-state index is -0.311. The molecule has 0 aliphatic carbocycles. The van der Waals surface area contributed by atoms with Crippen molar-refractivity contribution in [3.8, 4) is 0 Å². The van der Waals surface area contributed by atoms with Crippen LogP contribution in [0.3, 0.4) is 0 Å². The Bertz CT molecular complexity index is 588. The van der Waals surface area contributed by atoms with Gasteiger partial charge in [-0.2, -0.15) is 0 Å². The number of hydrogen-bond donors (Lipinski definition) is 1. The summed E-state index contributed by atoms with van der Waals surface area (Å²) in [6.45, 7) is 2.86. The SMILES string of the molecule is CCOC(=O)c1ccc(NCc2ccncc2)c(Br)c1. The van der Waals surface area contributed by atoms with Gasteiger partial charge < -0.3 is 10.1 Å². The molecule has 0 atom stereocenters. The van der Waals surface area contributed by atoms with Gasteiger partial charge in [-0.3, -0.25) is 4.98 Å². The zero-order valence-electron chi connectivity index (χ0n) is 11.1. The van der Waals surface area contributed by atoms with E-state index in [4.69, 9.17) is 4.74 Å². The quantitative estimate of drug-likeness (QED) is 0.848. The summed E-state index contributed by atoms with van der Waals surface area (Å²) in [6, 6.07) is 9.27. The fourth-order valence-electron chi connectivity index (χ4n) is 1.70. The maximum atomic E-state index is 11.6. The third-order valence-corrected chi connectivity index (χ3v) is 3.37. The summed E-state index contributed by atoms with van der Waals surface area (Å²) in [5.74, 6) is -0.311. The minimum absolute atomic E-state index is 0.311. The van der Waals surface area contributed by atoms with E-state index in [9.17, 15) is 4.79 Å². The van der Waals surface area contributed by atoms with Gasteiger partial charge >= 0.3 is 5.97 Å². The molecule has 1 aromatic carbocycles. The normalized spacial score (nSPS) is 10.1. The number of nitrogens with zero attached hydrogens (tertiary/aromatic N) is 1. The van der Waals surface area contributed by atoms with Crippen molar-refractivity contribution in [3.05, 3.63) is 58.3 Å². The van der Waals surface area contributed by atoms with Gasteiger partial charge in [0.05, 0.1) is 12.2 Å². The zero-order valence-corrected chi connectivity index (χ0v) is 12.7. The molecule has 0 saturated carbocycles. The molecule has 0 fully saturated rings. The monoisotopic (exact) mass is 334 g/mol. The second kappa shape index (κ2) is 7.05. The average Bonchev–Trinajstić information content (AvgIpc) is 2.47. The van der Waals surface area contributed by atoms with Crippen LogP contribution in [0.15, 0.2) is 47.2 Å². The molecule has 0 spiro atoms. The van der Waals surface area contributed by atoms with E-state index in [1.54, 1.807) is 31.5 Å². The zero-order chi connectivity index (χ0) is 14.4. The number of hydrogen-bond acceptors (Lipinski definition) is 4. The molecule has 2 aromatic rings. The molecule has 0 aliphatic heterocycles. The summed E-state index contributed by atoms with van der Waals surface area (Å²) in [5, 5.41) is 3.30. The van der Waals surface area contributed by atoms with E-state index in [1.165, 1.54) is 0 Å². The highest BCUT2D eigenvalue weighted by Crippen LogP contribution is 2.24. The van der Waals surface area contributed by atoms with Crippen molar-refractivity contribution in [2.24, 2.45) is 0 Å². The van der Waals surface area contributed by atoms with E-state index in [0.29, 0.717) is 18.7 Å². The maximum absolute atomic E-state index is 11.6. The molecule has 5 heteroatoms. The highest BCUT2D eigenvalue weighted by atomic mass is 79.9. The molecule has 0 unspecified atom stereocenters. The van der Waals surface area contributed by atoms with Gasteiger partial charge in [0.1, 0.15) is 0 Å². The molecule has 0 saturated heterocycles. The van der Waals surface area contributed by atoms with Gasteiger partial charge in [0.25, 0.3) is 0 Å². The summed E-state index contributed by atoms with van der Waals surface area (Å²) in [5.41, 5.74) is 2.60. The Labute approximate surface area is 126 Å². The Morgan fingerprint density at radius 3 is 2.70 bits per heavy atom. The van der Waals surface area contributed by atoms with Gasteiger partial charge in [0.2, 0.25) is 0 Å². The first-order chi connectivity index (χ1) is 9.70. The van der Waals surface area contributed by atoms with Crippen molar-refractivity contribution in [2.75, 3.05) is 11.9 Å².